The Hall–Kier alpha value is -2.78. The Labute approximate surface area is 187 Å². The Morgan fingerprint density at radius 1 is 1.13 bits per heavy atom. The lowest BCUT2D eigenvalue weighted by molar-refractivity contribution is -0.116. The molecular weight excluding hydrogens is 444 g/mol. The third-order valence-corrected chi connectivity index (χ3v) is 6.01. The number of nitrogens with one attached hydrogen (secondary N) is 1. The number of aryl methyl sites for hydroxylation is 1. The number of anilines is 2. The van der Waals surface area contributed by atoms with E-state index in [1.807, 2.05) is 0 Å². The molecule has 8 nitrogen and oxygen atoms in total. The van der Waals surface area contributed by atoms with Crippen LogP contribution < -0.4 is 14.4 Å². The van der Waals surface area contributed by atoms with E-state index in [0.29, 0.717) is 22.7 Å². The number of carbonyl (C=O) groups excluding carboxylic acids is 2. The van der Waals surface area contributed by atoms with Gasteiger partial charge in [-0.05, 0) is 49.2 Å². The van der Waals surface area contributed by atoms with Crippen molar-refractivity contribution in [3.63, 3.8) is 0 Å². The van der Waals surface area contributed by atoms with Gasteiger partial charge < -0.3 is 14.8 Å². The Morgan fingerprint density at radius 2 is 1.84 bits per heavy atom. The molecule has 2 aromatic carbocycles. The van der Waals surface area contributed by atoms with Crippen LogP contribution in [0.4, 0.5) is 11.4 Å². The number of esters is 1. The van der Waals surface area contributed by atoms with Gasteiger partial charge in [0.2, 0.25) is 15.9 Å². The first-order chi connectivity index (χ1) is 14.6. The van der Waals surface area contributed by atoms with E-state index in [0.717, 1.165) is 11.8 Å². The van der Waals surface area contributed by atoms with Crippen LogP contribution in [0.1, 0.15) is 28.8 Å². The van der Waals surface area contributed by atoms with E-state index in [1.165, 1.54) is 24.6 Å². The Morgan fingerprint density at radius 3 is 2.42 bits per heavy atom. The average Bonchev–Trinajstić information content (AvgIpc) is 2.71. The van der Waals surface area contributed by atoms with Gasteiger partial charge in [0.05, 0.1) is 36.7 Å². The van der Waals surface area contributed by atoms with Crippen molar-refractivity contribution >= 4 is 44.9 Å². The van der Waals surface area contributed by atoms with Crippen LogP contribution in [0.15, 0.2) is 36.4 Å². The number of rotatable bonds is 9. The molecule has 168 valence electrons. The maximum absolute atomic E-state index is 12.4. The van der Waals surface area contributed by atoms with Crippen LogP contribution in [-0.2, 0) is 19.6 Å². The van der Waals surface area contributed by atoms with Crippen LogP contribution in [0, 0.1) is 6.92 Å². The fraction of sp³-hybridized carbons (Fsp3) is 0.333. The summed E-state index contributed by atoms with van der Waals surface area (Å²) in [6.45, 7) is 1.89. The quantitative estimate of drug-likeness (QED) is 0.564. The number of amides is 1. The molecule has 0 unspecified atom stereocenters. The molecule has 2 aromatic rings. The van der Waals surface area contributed by atoms with Gasteiger partial charge in [0.25, 0.3) is 0 Å². The summed E-state index contributed by atoms with van der Waals surface area (Å²) in [5, 5.41) is 3.04. The van der Waals surface area contributed by atoms with Crippen molar-refractivity contribution in [1.29, 1.82) is 0 Å². The van der Waals surface area contributed by atoms with Gasteiger partial charge >= 0.3 is 5.97 Å². The lowest BCUT2D eigenvalue weighted by atomic mass is 10.1. The standard InChI is InChI=1S/C21H25ClN2O6S/c1-14-7-8-15(21(26)30-3)12-18(14)23-20(25)6-5-11-24(31(4,27)28)16-9-10-19(29-2)17(22)13-16/h7-10,12-13H,5-6,11H2,1-4H3,(H,23,25). The molecule has 10 heteroatoms. The van der Waals surface area contributed by atoms with Gasteiger partial charge in [-0.2, -0.15) is 0 Å². The van der Waals surface area contributed by atoms with Crippen LogP contribution in [0.5, 0.6) is 5.75 Å². The van der Waals surface area contributed by atoms with Crippen LogP contribution in [0.25, 0.3) is 0 Å². The minimum atomic E-state index is -3.59. The first-order valence-electron chi connectivity index (χ1n) is 9.37. The molecule has 0 saturated carbocycles. The smallest absolute Gasteiger partial charge is 0.337 e. The first-order valence-corrected chi connectivity index (χ1v) is 11.6. The third kappa shape index (κ3) is 6.60. The number of ether oxygens (including phenoxy) is 2. The zero-order valence-electron chi connectivity index (χ0n) is 17.8. The molecule has 0 fully saturated rings. The molecule has 0 aliphatic heterocycles. The van der Waals surface area contributed by atoms with Gasteiger partial charge in [0.1, 0.15) is 5.75 Å². The fourth-order valence-electron chi connectivity index (χ4n) is 2.89. The number of hydrogen-bond acceptors (Lipinski definition) is 6. The lowest BCUT2D eigenvalue weighted by Gasteiger charge is -2.23. The van der Waals surface area contributed by atoms with E-state index in [2.05, 4.69) is 5.32 Å². The van der Waals surface area contributed by atoms with Crippen molar-refractivity contribution in [3.05, 3.63) is 52.5 Å². The monoisotopic (exact) mass is 468 g/mol. The summed E-state index contributed by atoms with van der Waals surface area (Å²) >= 11 is 6.12. The second-order valence-corrected chi connectivity index (χ2v) is 9.14. The maximum Gasteiger partial charge on any atom is 0.337 e. The zero-order chi connectivity index (χ0) is 23.2. The number of halogens is 1. The molecule has 0 spiro atoms. The number of sulfonamides is 1. The second kappa shape index (κ2) is 10.5. The minimum Gasteiger partial charge on any atom is -0.495 e. The number of nitrogens with zero attached hydrogens (tertiary/aromatic N) is 1. The van der Waals surface area contributed by atoms with E-state index >= 15 is 0 Å². The lowest BCUT2D eigenvalue weighted by Crippen LogP contribution is -2.31. The predicted octanol–water partition coefficient (Wildman–Crippen LogP) is 3.63. The number of methoxy groups -OCH3 is 2. The normalized spacial score (nSPS) is 11.0. The molecule has 0 aliphatic carbocycles. The van der Waals surface area contributed by atoms with Gasteiger partial charge in [-0.25, -0.2) is 13.2 Å². The Kier molecular flexibility index (Phi) is 8.29. The van der Waals surface area contributed by atoms with Gasteiger partial charge in [-0.3, -0.25) is 9.10 Å². The highest BCUT2D eigenvalue weighted by atomic mass is 35.5. The topological polar surface area (TPSA) is 102 Å². The molecule has 0 atom stereocenters. The molecule has 0 aromatic heterocycles. The van der Waals surface area contributed by atoms with E-state index in [1.54, 1.807) is 37.3 Å². The molecule has 31 heavy (non-hydrogen) atoms. The summed E-state index contributed by atoms with van der Waals surface area (Å²) in [6, 6.07) is 9.54. The molecule has 0 saturated heterocycles. The van der Waals surface area contributed by atoms with Gasteiger partial charge in [0, 0.05) is 18.7 Å². The van der Waals surface area contributed by atoms with Crippen LogP contribution in [-0.4, -0.2) is 47.3 Å². The van der Waals surface area contributed by atoms with Crippen molar-refractivity contribution in [2.45, 2.75) is 19.8 Å². The van der Waals surface area contributed by atoms with Crippen molar-refractivity contribution < 1.29 is 27.5 Å². The van der Waals surface area contributed by atoms with E-state index < -0.39 is 16.0 Å². The molecular formula is C21H25ClN2O6S. The van der Waals surface area contributed by atoms with E-state index in [-0.39, 0.29) is 30.3 Å². The fourth-order valence-corrected chi connectivity index (χ4v) is 4.10. The number of benzene rings is 2. The van der Waals surface area contributed by atoms with Crippen molar-refractivity contribution in [1.82, 2.24) is 0 Å². The number of hydrogen-bond donors (Lipinski definition) is 1. The number of carbonyl (C=O) groups is 2. The highest BCUT2D eigenvalue weighted by Crippen LogP contribution is 2.30. The van der Waals surface area contributed by atoms with Crippen molar-refractivity contribution in [3.8, 4) is 5.75 Å². The summed E-state index contributed by atoms with van der Waals surface area (Å²) in [6.07, 6.45) is 1.45. The highest BCUT2D eigenvalue weighted by molar-refractivity contribution is 7.92. The van der Waals surface area contributed by atoms with Crippen molar-refractivity contribution in [2.75, 3.05) is 36.6 Å². The van der Waals surface area contributed by atoms with E-state index in [9.17, 15) is 18.0 Å². The second-order valence-electron chi connectivity index (χ2n) is 6.83. The third-order valence-electron chi connectivity index (χ3n) is 4.52. The molecule has 0 bridgehead atoms. The summed E-state index contributed by atoms with van der Waals surface area (Å²) in [4.78, 5) is 24.1. The molecule has 0 radical (unpaired) electrons. The molecule has 0 heterocycles. The largest absolute Gasteiger partial charge is 0.495 e. The maximum atomic E-state index is 12.4. The summed E-state index contributed by atoms with van der Waals surface area (Å²) < 4.78 is 35.5. The van der Waals surface area contributed by atoms with E-state index in [4.69, 9.17) is 21.1 Å². The average molecular weight is 469 g/mol. The predicted molar refractivity (Wildman–Crippen MR) is 121 cm³/mol. The van der Waals surface area contributed by atoms with Crippen LogP contribution in [0.2, 0.25) is 5.02 Å². The van der Waals surface area contributed by atoms with Gasteiger partial charge in [-0.15, -0.1) is 0 Å². The first kappa shape index (κ1) is 24.5. The molecule has 0 aliphatic rings. The van der Waals surface area contributed by atoms with Crippen LogP contribution in [0.3, 0.4) is 0 Å². The minimum absolute atomic E-state index is 0.0811. The van der Waals surface area contributed by atoms with Gasteiger partial charge in [0.15, 0.2) is 0 Å². The molecule has 1 N–H and O–H groups in total. The summed E-state index contributed by atoms with van der Waals surface area (Å²) in [5.74, 6) is -0.369. The Balaban J connectivity index is 2.05. The Bertz CT molecular complexity index is 1070. The molecule has 2 rings (SSSR count). The van der Waals surface area contributed by atoms with Gasteiger partial charge in [-0.1, -0.05) is 17.7 Å². The van der Waals surface area contributed by atoms with Crippen molar-refractivity contribution in [2.24, 2.45) is 0 Å². The summed E-state index contributed by atoms with van der Waals surface area (Å²) in [5.41, 5.74) is 1.99. The molecule has 1 amide bonds. The van der Waals surface area contributed by atoms with Crippen LogP contribution >= 0.6 is 11.6 Å². The highest BCUT2D eigenvalue weighted by Gasteiger charge is 2.19. The summed E-state index contributed by atoms with van der Waals surface area (Å²) in [7, 11) is -0.835. The zero-order valence-corrected chi connectivity index (χ0v) is 19.3. The SMILES string of the molecule is COC(=O)c1ccc(C)c(NC(=O)CCCN(c2ccc(OC)c(Cl)c2)S(C)(=O)=O)c1.